The lowest BCUT2D eigenvalue weighted by Gasteiger charge is -2.11. The average molecular weight is 244 g/mol. The number of carbonyl (C=O) groups is 1. The highest BCUT2D eigenvalue weighted by Gasteiger charge is 2.09. The first-order valence-corrected chi connectivity index (χ1v) is 5.89. The standard InChI is InChI=1S/C14H16N2O2/c17-12(9-11-5-2-1-3-6-11)10-16-14(18)13-7-4-8-15-13/h1-8,12,15,17H,9-10H2,(H,16,18). The molecule has 1 aromatic carbocycles. The van der Waals surface area contributed by atoms with E-state index in [4.69, 9.17) is 0 Å². The summed E-state index contributed by atoms with van der Waals surface area (Å²) in [6, 6.07) is 13.2. The summed E-state index contributed by atoms with van der Waals surface area (Å²) in [4.78, 5) is 14.4. The Hall–Kier alpha value is -2.07. The fraction of sp³-hybridized carbons (Fsp3) is 0.214. The molecule has 2 aromatic rings. The van der Waals surface area contributed by atoms with E-state index in [0.29, 0.717) is 12.1 Å². The zero-order valence-electron chi connectivity index (χ0n) is 9.97. The molecule has 4 heteroatoms. The lowest BCUT2D eigenvalue weighted by molar-refractivity contribution is 0.0911. The molecule has 0 spiro atoms. The van der Waals surface area contributed by atoms with E-state index in [1.165, 1.54) is 0 Å². The Morgan fingerprint density at radius 1 is 1.22 bits per heavy atom. The lowest BCUT2D eigenvalue weighted by Crippen LogP contribution is -2.33. The number of carbonyl (C=O) groups excluding carboxylic acids is 1. The molecule has 1 atom stereocenters. The van der Waals surface area contributed by atoms with Gasteiger partial charge in [0, 0.05) is 19.2 Å². The molecule has 0 aliphatic carbocycles. The van der Waals surface area contributed by atoms with Gasteiger partial charge in [-0.05, 0) is 17.7 Å². The molecule has 1 amide bonds. The van der Waals surface area contributed by atoms with Gasteiger partial charge in [-0.15, -0.1) is 0 Å². The fourth-order valence-electron chi connectivity index (χ4n) is 1.74. The molecule has 1 aromatic heterocycles. The Balaban J connectivity index is 1.78. The van der Waals surface area contributed by atoms with Crippen molar-refractivity contribution in [2.45, 2.75) is 12.5 Å². The topological polar surface area (TPSA) is 65.1 Å². The Bertz CT molecular complexity index is 480. The molecule has 0 fully saturated rings. The molecule has 1 unspecified atom stereocenters. The molecule has 94 valence electrons. The second kappa shape index (κ2) is 6.02. The summed E-state index contributed by atoms with van der Waals surface area (Å²) in [5.41, 5.74) is 1.56. The van der Waals surface area contributed by atoms with Crippen LogP contribution in [0.2, 0.25) is 0 Å². The first-order chi connectivity index (χ1) is 8.75. The van der Waals surface area contributed by atoms with Crippen molar-refractivity contribution in [1.82, 2.24) is 10.3 Å². The van der Waals surface area contributed by atoms with E-state index in [2.05, 4.69) is 10.3 Å². The van der Waals surface area contributed by atoms with Crippen molar-refractivity contribution in [2.24, 2.45) is 0 Å². The molecule has 1 heterocycles. The maximum atomic E-state index is 11.6. The van der Waals surface area contributed by atoms with Crippen LogP contribution in [0.1, 0.15) is 16.1 Å². The number of aliphatic hydroxyl groups excluding tert-OH is 1. The zero-order chi connectivity index (χ0) is 12.8. The van der Waals surface area contributed by atoms with Crippen molar-refractivity contribution in [3.05, 3.63) is 59.9 Å². The monoisotopic (exact) mass is 244 g/mol. The van der Waals surface area contributed by atoms with Crippen LogP contribution in [0.5, 0.6) is 0 Å². The summed E-state index contributed by atoms with van der Waals surface area (Å²) in [6.07, 6.45) is 1.65. The van der Waals surface area contributed by atoms with E-state index in [-0.39, 0.29) is 12.5 Å². The number of rotatable bonds is 5. The Kier molecular flexibility index (Phi) is 4.15. The number of aromatic nitrogens is 1. The minimum absolute atomic E-state index is 0.202. The van der Waals surface area contributed by atoms with Crippen molar-refractivity contribution < 1.29 is 9.90 Å². The molecule has 0 aliphatic heterocycles. The molecule has 3 N–H and O–H groups in total. The molecule has 0 radical (unpaired) electrons. The number of hydrogen-bond acceptors (Lipinski definition) is 2. The van der Waals surface area contributed by atoms with Crippen LogP contribution in [0.25, 0.3) is 0 Å². The minimum atomic E-state index is -0.577. The van der Waals surface area contributed by atoms with Crippen LogP contribution in [0.4, 0.5) is 0 Å². The second-order valence-corrected chi connectivity index (χ2v) is 4.14. The summed E-state index contributed by atoms with van der Waals surface area (Å²) in [7, 11) is 0. The van der Waals surface area contributed by atoms with Crippen molar-refractivity contribution in [2.75, 3.05) is 6.54 Å². The predicted octanol–water partition coefficient (Wildman–Crippen LogP) is 1.35. The van der Waals surface area contributed by atoms with Crippen LogP contribution in [0.3, 0.4) is 0 Å². The molecule has 0 saturated heterocycles. The van der Waals surface area contributed by atoms with Crippen LogP contribution in [0, 0.1) is 0 Å². The fourth-order valence-corrected chi connectivity index (χ4v) is 1.74. The van der Waals surface area contributed by atoms with Crippen molar-refractivity contribution in [1.29, 1.82) is 0 Å². The minimum Gasteiger partial charge on any atom is -0.391 e. The normalized spacial score (nSPS) is 12.1. The third-order valence-electron chi connectivity index (χ3n) is 2.65. The number of benzene rings is 1. The van der Waals surface area contributed by atoms with E-state index >= 15 is 0 Å². The van der Waals surface area contributed by atoms with Gasteiger partial charge in [-0.3, -0.25) is 4.79 Å². The Morgan fingerprint density at radius 3 is 2.67 bits per heavy atom. The zero-order valence-corrected chi connectivity index (χ0v) is 9.97. The molecule has 4 nitrogen and oxygen atoms in total. The van der Waals surface area contributed by atoms with Gasteiger partial charge in [0.25, 0.3) is 5.91 Å². The molecule has 0 aliphatic rings. The van der Waals surface area contributed by atoms with Gasteiger partial charge in [0.05, 0.1) is 6.10 Å². The highest BCUT2D eigenvalue weighted by Crippen LogP contribution is 2.02. The van der Waals surface area contributed by atoms with Crippen LogP contribution >= 0.6 is 0 Å². The van der Waals surface area contributed by atoms with Crippen LogP contribution in [-0.2, 0) is 6.42 Å². The quantitative estimate of drug-likeness (QED) is 0.743. The number of hydrogen-bond donors (Lipinski definition) is 3. The molecular formula is C14H16N2O2. The SMILES string of the molecule is O=C(NCC(O)Cc1ccccc1)c1ccc[nH]1. The largest absolute Gasteiger partial charge is 0.391 e. The maximum Gasteiger partial charge on any atom is 0.267 e. The van der Waals surface area contributed by atoms with Gasteiger partial charge >= 0.3 is 0 Å². The first-order valence-electron chi connectivity index (χ1n) is 5.89. The van der Waals surface area contributed by atoms with E-state index in [1.807, 2.05) is 30.3 Å². The highest BCUT2D eigenvalue weighted by molar-refractivity contribution is 5.92. The Labute approximate surface area is 106 Å². The smallest absolute Gasteiger partial charge is 0.267 e. The summed E-state index contributed by atoms with van der Waals surface area (Å²) >= 11 is 0. The van der Waals surface area contributed by atoms with E-state index in [1.54, 1.807) is 18.3 Å². The predicted molar refractivity (Wildman–Crippen MR) is 69.3 cm³/mol. The highest BCUT2D eigenvalue weighted by atomic mass is 16.3. The summed E-state index contributed by atoms with van der Waals surface area (Å²) in [5.74, 6) is -0.202. The second-order valence-electron chi connectivity index (χ2n) is 4.14. The third kappa shape index (κ3) is 3.46. The number of nitrogens with one attached hydrogen (secondary N) is 2. The van der Waals surface area contributed by atoms with Gasteiger partial charge in [-0.1, -0.05) is 30.3 Å². The summed E-state index contributed by atoms with van der Waals surface area (Å²) < 4.78 is 0. The van der Waals surface area contributed by atoms with E-state index in [9.17, 15) is 9.90 Å². The van der Waals surface area contributed by atoms with Gasteiger partial charge < -0.3 is 15.4 Å². The molecule has 0 bridgehead atoms. The van der Waals surface area contributed by atoms with Gasteiger partial charge in [0.15, 0.2) is 0 Å². The number of aromatic amines is 1. The maximum absolute atomic E-state index is 11.6. The van der Waals surface area contributed by atoms with Gasteiger partial charge in [0.1, 0.15) is 5.69 Å². The van der Waals surface area contributed by atoms with Crippen LogP contribution in [0.15, 0.2) is 48.7 Å². The van der Waals surface area contributed by atoms with E-state index < -0.39 is 6.10 Å². The first kappa shape index (κ1) is 12.4. The molecular weight excluding hydrogens is 228 g/mol. The van der Waals surface area contributed by atoms with Crippen molar-refractivity contribution >= 4 is 5.91 Å². The number of H-pyrrole nitrogens is 1. The summed E-state index contributed by atoms with van der Waals surface area (Å²) in [5, 5.41) is 12.5. The van der Waals surface area contributed by atoms with E-state index in [0.717, 1.165) is 5.56 Å². The molecule has 0 saturated carbocycles. The third-order valence-corrected chi connectivity index (χ3v) is 2.65. The molecule has 18 heavy (non-hydrogen) atoms. The Morgan fingerprint density at radius 2 is 2.00 bits per heavy atom. The van der Waals surface area contributed by atoms with Crippen molar-refractivity contribution in [3.8, 4) is 0 Å². The van der Waals surface area contributed by atoms with Crippen molar-refractivity contribution in [3.63, 3.8) is 0 Å². The van der Waals surface area contributed by atoms with Gasteiger partial charge in [-0.25, -0.2) is 0 Å². The van der Waals surface area contributed by atoms with Gasteiger partial charge in [0.2, 0.25) is 0 Å². The number of amides is 1. The summed E-state index contributed by atoms with van der Waals surface area (Å²) in [6.45, 7) is 0.243. The lowest BCUT2D eigenvalue weighted by atomic mass is 10.1. The van der Waals surface area contributed by atoms with Gasteiger partial charge in [-0.2, -0.15) is 0 Å². The van der Waals surface area contributed by atoms with Crippen LogP contribution in [-0.4, -0.2) is 28.6 Å². The molecule has 2 rings (SSSR count). The number of aliphatic hydroxyl groups is 1. The average Bonchev–Trinajstić information content (AvgIpc) is 2.91. The van der Waals surface area contributed by atoms with Crippen LogP contribution < -0.4 is 5.32 Å².